The van der Waals surface area contributed by atoms with E-state index in [9.17, 15) is 9.18 Å². The summed E-state index contributed by atoms with van der Waals surface area (Å²) in [6.45, 7) is 2.27. The second-order valence-corrected chi connectivity index (χ2v) is 5.29. The van der Waals surface area contributed by atoms with Crippen molar-refractivity contribution in [2.45, 2.75) is 26.0 Å². The van der Waals surface area contributed by atoms with Crippen molar-refractivity contribution < 1.29 is 13.9 Å². The van der Waals surface area contributed by atoms with E-state index in [4.69, 9.17) is 10.5 Å². The van der Waals surface area contributed by atoms with Gasteiger partial charge in [-0.1, -0.05) is 19.1 Å². The molecule has 1 heterocycles. The van der Waals surface area contributed by atoms with Gasteiger partial charge in [-0.2, -0.15) is 0 Å². The SMILES string of the molecule is CCC1Oc2cc(N)ccc2N(Cc2ccc(F)cc2)C1=O. The fraction of sp³-hybridized carbons (Fsp3) is 0.235. The highest BCUT2D eigenvalue weighted by atomic mass is 19.1. The van der Waals surface area contributed by atoms with Crippen molar-refractivity contribution in [3.05, 3.63) is 53.8 Å². The highest BCUT2D eigenvalue weighted by Crippen LogP contribution is 2.37. The number of carbonyl (C=O) groups is 1. The van der Waals surface area contributed by atoms with E-state index < -0.39 is 6.10 Å². The number of anilines is 2. The van der Waals surface area contributed by atoms with Crippen molar-refractivity contribution in [2.75, 3.05) is 10.6 Å². The number of amides is 1. The topological polar surface area (TPSA) is 55.6 Å². The van der Waals surface area contributed by atoms with Crippen LogP contribution in [0.1, 0.15) is 18.9 Å². The number of ether oxygens (including phenoxy) is 1. The fourth-order valence-electron chi connectivity index (χ4n) is 2.54. The molecule has 114 valence electrons. The van der Waals surface area contributed by atoms with Crippen molar-refractivity contribution in [3.63, 3.8) is 0 Å². The molecule has 0 bridgehead atoms. The number of benzene rings is 2. The third-order valence-corrected chi connectivity index (χ3v) is 3.71. The Morgan fingerprint density at radius 1 is 1.23 bits per heavy atom. The lowest BCUT2D eigenvalue weighted by atomic mass is 10.1. The minimum atomic E-state index is -0.519. The molecule has 1 aliphatic heterocycles. The number of fused-ring (bicyclic) bond motifs is 1. The zero-order valence-electron chi connectivity index (χ0n) is 12.3. The quantitative estimate of drug-likeness (QED) is 0.886. The molecule has 1 unspecified atom stereocenters. The highest BCUT2D eigenvalue weighted by molar-refractivity contribution is 6.00. The summed E-state index contributed by atoms with van der Waals surface area (Å²) in [5.74, 6) is 0.217. The van der Waals surface area contributed by atoms with Gasteiger partial charge < -0.3 is 15.4 Å². The Morgan fingerprint density at radius 2 is 1.95 bits per heavy atom. The highest BCUT2D eigenvalue weighted by Gasteiger charge is 2.33. The molecule has 2 aromatic carbocycles. The first-order valence-electron chi connectivity index (χ1n) is 7.20. The molecule has 0 saturated carbocycles. The molecule has 3 rings (SSSR count). The largest absolute Gasteiger partial charge is 0.478 e. The van der Waals surface area contributed by atoms with Crippen LogP contribution in [0.5, 0.6) is 5.75 Å². The van der Waals surface area contributed by atoms with Crippen molar-refractivity contribution in [1.29, 1.82) is 0 Å². The average molecular weight is 300 g/mol. The van der Waals surface area contributed by atoms with Gasteiger partial charge in [0.1, 0.15) is 11.6 Å². The molecule has 5 heteroatoms. The Balaban J connectivity index is 1.97. The Bertz CT molecular complexity index is 700. The molecule has 0 fully saturated rings. The summed E-state index contributed by atoms with van der Waals surface area (Å²) in [5.41, 5.74) is 7.92. The molecule has 4 nitrogen and oxygen atoms in total. The number of carbonyl (C=O) groups excluding carboxylic acids is 1. The number of rotatable bonds is 3. The third-order valence-electron chi connectivity index (χ3n) is 3.71. The number of nitrogen functional groups attached to an aromatic ring is 1. The lowest BCUT2D eigenvalue weighted by molar-refractivity contribution is -0.126. The minimum Gasteiger partial charge on any atom is -0.478 e. The zero-order chi connectivity index (χ0) is 15.7. The first kappa shape index (κ1) is 14.4. The molecule has 0 aromatic heterocycles. The first-order chi connectivity index (χ1) is 10.6. The predicted molar refractivity (Wildman–Crippen MR) is 83.2 cm³/mol. The Kier molecular flexibility index (Phi) is 3.71. The van der Waals surface area contributed by atoms with Crippen LogP contribution >= 0.6 is 0 Å². The van der Waals surface area contributed by atoms with Crippen LogP contribution in [-0.4, -0.2) is 12.0 Å². The lowest BCUT2D eigenvalue weighted by Crippen LogP contribution is -2.45. The van der Waals surface area contributed by atoms with Gasteiger partial charge in [-0.25, -0.2) is 4.39 Å². The van der Waals surface area contributed by atoms with Gasteiger partial charge in [0.15, 0.2) is 6.10 Å². The summed E-state index contributed by atoms with van der Waals surface area (Å²) >= 11 is 0. The fourth-order valence-corrected chi connectivity index (χ4v) is 2.54. The second kappa shape index (κ2) is 5.67. The van der Waals surface area contributed by atoms with Crippen LogP contribution < -0.4 is 15.4 Å². The van der Waals surface area contributed by atoms with E-state index in [1.165, 1.54) is 12.1 Å². The molecular formula is C17H17FN2O2. The summed E-state index contributed by atoms with van der Waals surface area (Å²) in [5, 5.41) is 0. The Labute approximate surface area is 128 Å². The zero-order valence-corrected chi connectivity index (χ0v) is 12.3. The van der Waals surface area contributed by atoms with Crippen LogP contribution in [0.3, 0.4) is 0 Å². The van der Waals surface area contributed by atoms with Crippen molar-refractivity contribution >= 4 is 17.3 Å². The normalized spacial score (nSPS) is 17.1. The van der Waals surface area contributed by atoms with E-state index in [-0.39, 0.29) is 11.7 Å². The maximum atomic E-state index is 13.0. The van der Waals surface area contributed by atoms with Crippen LogP contribution in [0.15, 0.2) is 42.5 Å². The van der Waals surface area contributed by atoms with Gasteiger partial charge in [-0.15, -0.1) is 0 Å². The molecular weight excluding hydrogens is 283 g/mol. The maximum absolute atomic E-state index is 13.0. The van der Waals surface area contributed by atoms with Crippen molar-refractivity contribution in [1.82, 2.24) is 0 Å². The van der Waals surface area contributed by atoms with Gasteiger partial charge in [0.2, 0.25) is 0 Å². The van der Waals surface area contributed by atoms with E-state index in [0.717, 1.165) is 5.56 Å². The van der Waals surface area contributed by atoms with Gasteiger partial charge in [-0.3, -0.25) is 4.79 Å². The maximum Gasteiger partial charge on any atom is 0.268 e. The minimum absolute atomic E-state index is 0.0934. The van der Waals surface area contributed by atoms with Crippen LogP contribution in [0, 0.1) is 5.82 Å². The molecule has 1 atom stereocenters. The molecule has 0 saturated heterocycles. The molecule has 2 N–H and O–H groups in total. The van der Waals surface area contributed by atoms with Gasteiger partial charge in [-0.05, 0) is 36.2 Å². The monoisotopic (exact) mass is 300 g/mol. The van der Waals surface area contributed by atoms with Crippen LogP contribution in [-0.2, 0) is 11.3 Å². The van der Waals surface area contributed by atoms with Crippen molar-refractivity contribution in [2.24, 2.45) is 0 Å². The second-order valence-electron chi connectivity index (χ2n) is 5.29. The molecule has 1 amide bonds. The van der Waals surface area contributed by atoms with Gasteiger partial charge in [0.25, 0.3) is 5.91 Å². The van der Waals surface area contributed by atoms with Crippen LogP contribution in [0.2, 0.25) is 0 Å². The standard InChI is InChI=1S/C17H17FN2O2/c1-2-15-17(21)20(10-11-3-5-12(18)6-4-11)14-8-7-13(19)9-16(14)22-15/h3-9,15H,2,10,19H2,1H3. The number of halogens is 1. The number of nitrogens with two attached hydrogens (primary N) is 1. The number of nitrogens with zero attached hydrogens (tertiary/aromatic N) is 1. The number of hydrogen-bond acceptors (Lipinski definition) is 3. The predicted octanol–water partition coefficient (Wildman–Crippen LogP) is 3.11. The molecule has 0 radical (unpaired) electrons. The number of hydrogen-bond donors (Lipinski definition) is 1. The van der Waals surface area contributed by atoms with E-state index in [0.29, 0.717) is 30.1 Å². The van der Waals surface area contributed by atoms with Crippen LogP contribution in [0.4, 0.5) is 15.8 Å². The molecule has 1 aliphatic rings. The lowest BCUT2D eigenvalue weighted by Gasteiger charge is -2.34. The van der Waals surface area contributed by atoms with E-state index in [1.807, 2.05) is 6.92 Å². The smallest absolute Gasteiger partial charge is 0.268 e. The van der Waals surface area contributed by atoms with E-state index >= 15 is 0 Å². The molecule has 0 spiro atoms. The Morgan fingerprint density at radius 3 is 2.64 bits per heavy atom. The molecule has 22 heavy (non-hydrogen) atoms. The average Bonchev–Trinajstić information content (AvgIpc) is 2.51. The summed E-state index contributed by atoms with van der Waals surface area (Å²) in [4.78, 5) is 14.2. The molecule has 0 aliphatic carbocycles. The van der Waals surface area contributed by atoms with Gasteiger partial charge >= 0.3 is 0 Å². The van der Waals surface area contributed by atoms with Gasteiger partial charge in [0, 0.05) is 11.8 Å². The summed E-state index contributed by atoms with van der Waals surface area (Å²) < 4.78 is 18.8. The molecule has 2 aromatic rings. The summed E-state index contributed by atoms with van der Waals surface area (Å²) in [6.07, 6.45) is 0.0576. The van der Waals surface area contributed by atoms with E-state index in [2.05, 4.69) is 0 Å². The van der Waals surface area contributed by atoms with Crippen molar-refractivity contribution in [3.8, 4) is 5.75 Å². The van der Waals surface area contributed by atoms with Gasteiger partial charge in [0.05, 0.1) is 12.2 Å². The Hall–Kier alpha value is -2.56. The third kappa shape index (κ3) is 2.62. The van der Waals surface area contributed by atoms with E-state index in [1.54, 1.807) is 35.2 Å². The summed E-state index contributed by atoms with van der Waals surface area (Å²) in [6, 6.07) is 11.4. The summed E-state index contributed by atoms with van der Waals surface area (Å²) in [7, 11) is 0. The van der Waals surface area contributed by atoms with Crippen LogP contribution in [0.25, 0.3) is 0 Å². The first-order valence-corrected chi connectivity index (χ1v) is 7.20.